The Bertz CT molecular complexity index is 429. The first-order valence-corrected chi connectivity index (χ1v) is 7.13. The fourth-order valence-corrected chi connectivity index (χ4v) is 2.51. The van der Waals surface area contributed by atoms with Crippen LogP contribution in [0.25, 0.3) is 0 Å². The van der Waals surface area contributed by atoms with E-state index in [0.717, 1.165) is 25.3 Å². The fraction of sp³-hybridized carbons (Fsp3) is 0.562. The first-order chi connectivity index (χ1) is 9.16. The van der Waals surface area contributed by atoms with Gasteiger partial charge in [-0.2, -0.15) is 0 Å². The second-order valence-electron chi connectivity index (χ2n) is 5.47. The van der Waals surface area contributed by atoms with Crippen molar-refractivity contribution in [3.63, 3.8) is 0 Å². The molecule has 0 amide bonds. The van der Waals surface area contributed by atoms with Gasteiger partial charge in [-0.05, 0) is 24.0 Å². The number of hydrogen-bond acceptors (Lipinski definition) is 3. The lowest BCUT2D eigenvalue weighted by atomic mass is 9.88. The standard InChI is InChI=1S/C16H23NO2/c1-12(2)17-9-7-14(18)11-13-8-10-19-16-6-4-3-5-15(13)16/h3-6,12-13,17H,7-11H2,1-2H3. The molecule has 0 radical (unpaired) electrons. The maximum Gasteiger partial charge on any atom is 0.134 e. The van der Waals surface area contributed by atoms with E-state index < -0.39 is 0 Å². The summed E-state index contributed by atoms with van der Waals surface area (Å²) in [5.41, 5.74) is 1.19. The monoisotopic (exact) mass is 261 g/mol. The zero-order valence-electron chi connectivity index (χ0n) is 11.8. The van der Waals surface area contributed by atoms with Crippen LogP contribution < -0.4 is 10.1 Å². The number of fused-ring (bicyclic) bond motifs is 1. The normalized spacial score (nSPS) is 17.9. The van der Waals surface area contributed by atoms with Crippen LogP contribution in [0.4, 0.5) is 0 Å². The SMILES string of the molecule is CC(C)NCCC(=O)CC1CCOc2ccccc21. The topological polar surface area (TPSA) is 38.3 Å². The molecule has 2 rings (SSSR count). The van der Waals surface area contributed by atoms with E-state index in [2.05, 4.69) is 25.2 Å². The summed E-state index contributed by atoms with van der Waals surface area (Å²) in [5.74, 6) is 1.62. The number of rotatable bonds is 6. The summed E-state index contributed by atoms with van der Waals surface area (Å²) in [7, 11) is 0. The highest BCUT2D eigenvalue weighted by Gasteiger charge is 2.23. The maximum atomic E-state index is 12.0. The molecule has 19 heavy (non-hydrogen) atoms. The molecule has 1 aliphatic heterocycles. The third-order valence-electron chi connectivity index (χ3n) is 3.51. The number of ketones is 1. The number of nitrogens with one attached hydrogen (secondary N) is 1. The molecule has 3 heteroatoms. The van der Waals surface area contributed by atoms with Crippen molar-refractivity contribution < 1.29 is 9.53 Å². The Balaban J connectivity index is 1.88. The summed E-state index contributed by atoms with van der Waals surface area (Å²) in [4.78, 5) is 12.0. The van der Waals surface area contributed by atoms with E-state index in [-0.39, 0.29) is 0 Å². The van der Waals surface area contributed by atoms with Crippen LogP contribution in [0.5, 0.6) is 5.75 Å². The van der Waals surface area contributed by atoms with Crippen LogP contribution >= 0.6 is 0 Å². The highest BCUT2D eigenvalue weighted by Crippen LogP contribution is 2.35. The average Bonchev–Trinajstić information content (AvgIpc) is 2.39. The molecule has 1 unspecified atom stereocenters. The van der Waals surface area contributed by atoms with Crippen LogP contribution in [0.1, 0.15) is 44.6 Å². The third kappa shape index (κ3) is 4.06. The van der Waals surface area contributed by atoms with E-state index in [4.69, 9.17) is 4.74 Å². The number of para-hydroxylation sites is 1. The van der Waals surface area contributed by atoms with Crippen molar-refractivity contribution in [3.8, 4) is 5.75 Å². The summed E-state index contributed by atoms with van der Waals surface area (Å²) in [6.07, 6.45) is 2.21. The van der Waals surface area contributed by atoms with Gasteiger partial charge in [0.15, 0.2) is 0 Å². The summed E-state index contributed by atoms with van der Waals surface area (Å²) in [5, 5.41) is 3.29. The predicted molar refractivity (Wildman–Crippen MR) is 76.7 cm³/mol. The average molecular weight is 261 g/mol. The number of hydrogen-bond donors (Lipinski definition) is 1. The smallest absolute Gasteiger partial charge is 0.134 e. The molecule has 0 saturated heterocycles. The van der Waals surface area contributed by atoms with E-state index >= 15 is 0 Å². The molecule has 104 valence electrons. The van der Waals surface area contributed by atoms with Gasteiger partial charge in [-0.15, -0.1) is 0 Å². The van der Waals surface area contributed by atoms with Crippen molar-refractivity contribution in [2.75, 3.05) is 13.2 Å². The minimum absolute atomic E-state index is 0.330. The van der Waals surface area contributed by atoms with E-state index in [0.29, 0.717) is 30.6 Å². The van der Waals surface area contributed by atoms with E-state index in [9.17, 15) is 4.79 Å². The quantitative estimate of drug-likeness (QED) is 0.855. The minimum atomic E-state index is 0.330. The Morgan fingerprint density at radius 2 is 2.21 bits per heavy atom. The molecule has 0 fully saturated rings. The number of carbonyl (C=O) groups excluding carboxylic acids is 1. The Kier molecular flexibility index (Phi) is 4.97. The Hall–Kier alpha value is -1.35. The van der Waals surface area contributed by atoms with Gasteiger partial charge in [0.1, 0.15) is 11.5 Å². The molecule has 1 aliphatic rings. The molecule has 0 aromatic heterocycles. The van der Waals surface area contributed by atoms with Gasteiger partial charge < -0.3 is 10.1 Å². The molecule has 1 aromatic rings. The number of carbonyl (C=O) groups is 1. The molecular weight excluding hydrogens is 238 g/mol. The van der Waals surface area contributed by atoms with Gasteiger partial charge in [0.25, 0.3) is 0 Å². The molecular formula is C16H23NO2. The predicted octanol–water partition coefficient (Wildman–Crippen LogP) is 2.90. The van der Waals surface area contributed by atoms with E-state index in [1.807, 2.05) is 18.2 Å². The summed E-state index contributed by atoms with van der Waals surface area (Å²) >= 11 is 0. The largest absolute Gasteiger partial charge is 0.493 e. The Labute approximate surface area is 115 Å². The van der Waals surface area contributed by atoms with Gasteiger partial charge in [0.05, 0.1) is 6.61 Å². The van der Waals surface area contributed by atoms with Crippen LogP contribution in [0.2, 0.25) is 0 Å². The second kappa shape index (κ2) is 6.71. The number of benzene rings is 1. The molecule has 0 bridgehead atoms. The molecule has 0 saturated carbocycles. The molecule has 1 aromatic carbocycles. The van der Waals surface area contributed by atoms with Crippen LogP contribution in [-0.2, 0) is 4.79 Å². The first-order valence-electron chi connectivity index (χ1n) is 7.13. The zero-order chi connectivity index (χ0) is 13.7. The molecule has 1 N–H and O–H groups in total. The van der Waals surface area contributed by atoms with Crippen LogP contribution in [0, 0.1) is 0 Å². The molecule has 1 heterocycles. The van der Waals surface area contributed by atoms with E-state index in [1.165, 1.54) is 5.56 Å². The van der Waals surface area contributed by atoms with Gasteiger partial charge in [-0.25, -0.2) is 0 Å². The second-order valence-corrected chi connectivity index (χ2v) is 5.47. The van der Waals surface area contributed by atoms with Gasteiger partial charge in [-0.1, -0.05) is 32.0 Å². The molecule has 0 aliphatic carbocycles. The fourth-order valence-electron chi connectivity index (χ4n) is 2.51. The van der Waals surface area contributed by atoms with Crippen molar-refractivity contribution in [2.45, 2.75) is 45.1 Å². The molecule has 1 atom stereocenters. The lowest BCUT2D eigenvalue weighted by Gasteiger charge is -2.25. The summed E-state index contributed by atoms with van der Waals surface area (Å²) < 4.78 is 5.62. The Morgan fingerprint density at radius 1 is 1.42 bits per heavy atom. The van der Waals surface area contributed by atoms with Crippen molar-refractivity contribution in [3.05, 3.63) is 29.8 Å². The van der Waals surface area contributed by atoms with Crippen LogP contribution in [0.15, 0.2) is 24.3 Å². The van der Waals surface area contributed by atoms with Gasteiger partial charge >= 0.3 is 0 Å². The van der Waals surface area contributed by atoms with Crippen LogP contribution in [-0.4, -0.2) is 25.0 Å². The number of ether oxygens (including phenoxy) is 1. The van der Waals surface area contributed by atoms with Crippen molar-refractivity contribution in [1.29, 1.82) is 0 Å². The highest BCUT2D eigenvalue weighted by atomic mass is 16.5. The van der Waals surface area contributed by atoms with Crippen LogP contribution in [0.3, 0.4) is 0 Å². The van der Waals surface area contributed by atoms with Gasteiger partial charge in [0.2, 0.25) is 0 Å². The third-order valence-corrected chi connectivity index (χ3v) is 3.51. The summed E-state index contributed by atoms with van der Waals surface area (Å²) in [6, 6.07) is 8.52. The van der Waals surface area contributed by atoms with Crippen molar-refractivity contribution >= 4 is 5.78 Å². The Morgan fingerprint density at radius 3 is 3.00 bits per heavy atom. The van der Waals surface area contributed by atoms with Crippen molar-refractivity contribution in [1.82, 2.24) is 5.32 Å². The molecule has 0 spiro atoms. The lowest BCUT2D eigenvalue weighted by molar-refractivity contribution is -0.119. The van der Waals surface area contributed by atoms with Gasteiger partial charge in [0, 0.05) is 25.4 Å². The first kappa shape index (κ1) is 14.1. The summed E-state index contributed by atoms with van der Waals surface area (Å²) in [6.45, 7) is 5.69. The van der Waals surface area contributed by atoms with Crippen molar-refractivity contribution in [2.24, 2.45) is 0 Å². The highest BCUT2D eigenvalue weighted by molar-refractivity contribution is 5.79. The maximum absolute atomic E-state index is 12.0. The zero-order valence-corrected chi connectivity index (χ0v) is 11.8. The minimum Gasteiger partial charge on any atom is -0.493 e. The number of Topliss-reactive ketones (excluding diaryl/α,β-unsaturated/α-hetero) is 1. The van der Waals surface area contributed by atoms with Gasteiger partial charge in [-0.3, -0.25) is 4.79 Å². The van der Waals surface area contributed by atoms with E-state index in [1.54, 1.807) is 0 Å². The molecule has 3 nitrogen and oxygen atoms in total. The lowest BCUT2D eigenvalue weighted by Crippen LogP contribution is -2.26.